The van der Waals surface area contributed by atoms with Crippen molar-refractivity contribution in [1.29, 1.82) is 0 Å². The Morgan fingerprint density at radius 3 is 2.31 bits per heavy atom. The molecule has 6 rings (SSSR count). The number of sulfonamides is 1. The summed E-state index contributed by atoms with van der Waals surface area (Å²) >= 11 is 6.58. The van der Waals surface area contributed by atoms with Crippen LogP contribution in [-0.2, 0) is 45.7 Å². The Balaban J connectivity index is 1.65. The van der Waals surface area contributed by atoms with Gasteiger partial charge in [-0.15, -0.1) is 0 Å². The van der Waals surface area contributed by atoms with E-state index in [2.05, 4.69) is 21.7 Å². The number of anilines is 1. The molecule has 4 aromatic rings. The van der Waals surface area contributed by atoms with Crippen LogP contribution in [0.15, 0.2) is 30.3 Å². The van der Waals surface area contributed by atoms with Gasteiger partial charge < -0.3 is 5.73 Å². The van der Waals surface area contributed by atoms with Gasteiger partial charge in [-0.2, -0.15) is 18.3 Å². The number of alkyl halides is 3. The van der Waals surface area contributed by atoms with E-state index < -0.39 is 60.3 Å². The molecule has 2 aromatic carbocycles. The molecule has 51 heavy (non-hydrogen) atoms. The smallest absolute Gasteiger partial charge is 0.322 e. The van der Waals surface area contributed by atoms with E-state index in [0.29, 0.717) is 59.5 Å². The lowest BCUT2D eigenvalue weighted by Gasteiger charge is -2.22. The number of halogens is 6. The Kier molecular flexibility index (Phi) is 9.44. The lowest BCUT2D eigenvalue weighted by molar-refractivity contribution is -0.141. The lowest BCUT2D eigenvalue weighted by atomic mass is 9.89. The van der Waals surface area contributed by atoms with Gasteiger partial charge in [0.1, 0.15) is 28.6 Å². The molecule has 2 aliphatic rings. The second-order valence-corrected chi connectivity index (χ2v) is 18.4. The van der Waals surface area contributed by atoms with Crippen LogP contribution in [0.1, 0.15) is 67.2 Å². The van der Waals surface area contributed by atoms with Crippen LogP contribution in [0.4, 0.5) is 27.8 Å². The van der Waals surface area contributed by atoms with Crippen molar-refractivity contribution in [3.63, 3.8) is 0 Å². The fourth-order valence-electron chi connectivity index (χ4n) is 6.17. The van der Waals surface area contributed by atoms with E-state index in [1.165, 1.54) is 26.0 Å². The van der Waals surface area contributed by atoms with Gasteiger partial charge in [0, 0.05) is 23.4 Å². The molecule has 0 amide bonds. The maximum atomic E-state index is 14.2. The minimum absolute atomic E-state index is 0.0631. The number of nitrogens with two attached hydrogens (primary N) is 1. The number of hydrogen-bond donors (Lipinski definition) is 2. The summed E-state index contributed by atoms with van der Waals surface area (Å²) in [5.41, 5.74) is 8.88. The number of hydrogen-bond acceptors (Lipinski definition) is 7. The highest BCUT2D eigenvalue weighted by Crippen LogP contribution is 2.45. The number of pyridine rings is 1. The molecule has 2 aromatic heterocycles. The number of sulfone groups is 1. The van der Waals surface area contributed by atoms with Crippen LogP contribution in [-0.4, -0.2) is 54.0 Å². The molecule has 0 radical (unpaired) electrons. The first kappa shape index (κ1) is 37.0. The Labute approximate surface area is 296 Å². The Morgan fingerprint density at radius 2 is 1.71 bits per heavy atom. The van der Waals surface area contributed by atoms with E-state index in [0.717, 1.165) is 18.4 Å². The molecule has 0 spiro atoms. The highest BCUT2D eigenvalue weighted by atomic mass is 35.5. The summed E-state index contributed by atoms with van der Waals surface area (Å²) in [5, 5.41) is 3.23. The SMILES string of the molecule is CC(C)(C#Cc1nc([C@@H](N)Cc2cc(F)cc(F)c2)c(-c2ccc(Cl)c3c(NS(=O)(=O)C4CC4)nn(CC(F)(F)F)c23)c2c1CCC2)S(C)(=O)=O. The summed E-state index contributed by atoms with van der Waals surface area (Å²) in [6.07, 6.45) is -1.65. The fourth-order valence-corrected chi connectivity index (χ4v) is 7.98. The molecule has 1 fully saturated rings. The van der Waals surface area contributed by atoms with Crippen molar-refractivity contribution >= 4 is 48.2 Å². The Morgan fingerprint density at radius 1 is 1.06 bits per heavy atom. The number of rotatable bonds is 9. The van der Waals surface area contributed by atoms with E-state index in [1.807, 2.05) is 0 Å². The molecule has 0 unspecified atom stereocenters. The normalized spacial score (nSPS) is 15.8. The van der Waals surface area contributed by atoms with E-state index in [1.54, 1.807) is 0 Å². The van der Waals surface area contributed by atoms with Gasteiger partial charge in [0.2, 0.25) is 10.0 Å². The van der Waals surface area contributed by atoms with E-state index in [4.69, 9.17) is 22.3 Å². The summed E-state index contributed by atoms with van der Waals surface area (Å²) in [6.45, 7) is 1.29. The standard InChI is InChI=1S/C34H33ClF5N5O4S2/c1-33(2,50(3,46)47)12-11-27-22-5-4-6-23(22)28(30(42-27)26(41)15-18-13-19(36)16-20(37)14-18)24-9-10-25(35)29-31(24)45(17-34(38,39)40)43-32(29)44-51(48,49)21-7-8-21/h9-10,13-14,16,21,26H,4-8,15,17,41H2,1-3H3,(H,43,44)/t26-/m0/s1. The van der Waals surface area contributed by atoms with Crippen LogP contribution in [0.25, 0.3) is 22.0 Å². The number of aromatic nitrogens is 3. The second kappa shape index (κ2) is 13.0. The average Bonchev–Trinajstić information content (AvgIpc) is 3.66. The summed E-state index contributed by atoms with van der Waals surface area (Å²) in [6, 6.07) is 4.68. The van der Waals surface area contributed by atoms with Crippen molar-refractivity contribution in [1.82, 2.24) is 14.8 Å². The van der Waals surface area contributed by atoms with Crippen molar-refractivity contribution in [3.05, 3.63) is 75.1 Å². The average molecular weight is 770 g/mol. The predicted molar refractivity (Wildman–Crippen MR) is 184 cm³/mol. The zero-order valence-corrected chi connectivity index (χ0v) is 30.0. The number of fused-ring (bicyclic) bond motifs is 2. The first-order chi connectivity index (χ1) is 23.6. The molecule has 0 aliphatic heterocycles. The summed E-state index contributed by atoms with van der Waals surface area (Å²) in [5.74, 6) is 3.63. The van der Waals surface area contributed by atoms with Gasteiger partial charge in [-0.3, -0.25) is 9.40 Å². The lowest BCUT2D eigenvalue weighted by Crippen LogP contribution is -2.28. The molecule has 3 N–H and O–H groups in total. The van der Waals surface area contributed by atoms with E-state index in [9.17, 15) is 38.8 Å². The highest BCUT2D eigenvalue weighted by Gasteiger charge is 2.38. The molecule has 0 bridgehead atoms. The molecule has 1 saturated carbocycles. The minimum Gasteiger partial charge on any atom is -0.322 e. The van der Waals surface area contributed by atoms with Crippen molar-refractivity contribution in [2.75, 3.05) is 11.0 Å². The van der Waals surface area contributed by atoms with Crippen molar-refractivity contribution in [3.8, 4) is 23.0 Å². The van der Waals surface area contributed by atoms with Gasteiger partial charge in [0.15, 0.2) is 15.7 Å². The molecular formula is C34H33ClF5N5O4S2. The molecule has 17 heteroatoms. The van der Waals surface area contributed by atoms with Crippen molar-refractivity contribution < 1.29 is 38.8 Å². The Hall–Kier alpha value is -3.78. The second-order valence-electron chi connectivity index (χ2n) is 13.4. The maximum Gasteiger partial charge on any atom is 0.408 e. The van der Waals surface area contributed by atoms with Gasteiger partial charge in [0.25, 0.3) is 0 Å². The molecule has 2 heterocycles. The van der Waals surface area contributed by atoms with Crippen LogP contribution < -0.4 is 10.5 Å². The minimum atomic E-state index is -4.78. The van der Waals surface area contributed by atoms with Gasteiger partial charge in [-0.05, 0) is 93.2 Å². The first-order valence-electron chi connectivity index (χ1n) is 15.9. The maximum absolute atomic E-state index is 14.2. The topological polar surface area (TPSA) is 137 Å². The highest BCUT2D eigenvalue weighted by molar-refractivity contribution is 7.93. The van der Waals surface area contributed by atoms with Gasteiger partial charge in [-0.1, -0.05) is 23.6 Å². The number of nitrogens with one attached hydrogen (secondary N) is 1. The number of benzene rings is 2. The molecule has 9 nitrogen and oxygen atoms in total. The van der Waals surface area contributed by atoms with E-state index >= 15 is 0 Å². The third-order valence-corrected chi connectivity index (χ3v) is 13.2. The zero-order valence-electron chi connectivity index (χ0n) is 27.6. The third-order valence-electron chi connectivity index (χ3n) is 9.08. The molecule has 2 aliphatic carbocycles. The van der Waals surface area contributed by atoms with Gasteiger partial charge >= 0.3 is 6.18 Å². The van der Waals surface area contributed by atoms with Crippen LogP contribution in [0, 0.1) is 23.5 Å². The summed E-state index contributed by atoms with van der Waals surface area (Å²) in [4.78, 5) is 4.80. The Bertz CT molecular complexity index is 2340. The van der Waals surface area contributed by atoms with Crippen LogP contribution in [0.2, 0.25) is 5.02 Å². The van der Waals surface area contributed by atoms with Crippen LogP contribution >= 0.6 is 11.6 Å². The van der Waals surface area contributed by atoms with Crippen molar-refractivity contribution in [2.24, 2.45) is 5.73 Å². The van der Waals surface area contributed by atoms with Crippen LogP contribution in [0.5, 0.6) is 0 Å². The number of nitrogens with zero attached hydrogens (tertiary/aromatic N) is 3. The van der Waals surface area contributed by atoms with E-state index in [-0.39, 0.29) is 50.7 Å². The van der Waals surface area contributed by atoms with Gasteiger partial charge in [-0.25, -0.2) is 30.6 Å². The molecule has 1 atom stereocenters. The van der Waals surface area contributed by atoms with Crippen molar-refractivity contribution in [2.45, 2.75) is 81.1 Å². The molecule has 0 saturated heterocycles. The van der Waals surface area contributed by atoms with Gasteiger partial charge in [0.05, 0.1) is 32.9 Å². The summed E-state index contributed by atoms with van der Waals surface area (Å²) in [7, 11) is -7.61. The van der Waals surface area contributed by atoms with Crippen LogP contribution in [0.3, 0.4) is 0 Å². The zero-order chi connectivity index (χ0) is 37.3. The first-order valence-corrected chi connectivity index (χ1v) is 19.7. The molecule has 272 valence electrons. The largest absolute Gasteiger partial charge is 0.408 e. The fraction of sp³-hybridized carbons (Fsp3) is 0.412. The molecular weight excluding hydrogens is 737 g/mol. The monoisotopic (exact) mass is 769 g/mol. The predicted octanol–water partition coefficient (Wildman–Crippen LogP) is 6.40. The summed E-state index contributed by atoms with van der Waals surface area (Å²) < 4.78 is 123. The third kappa shape index (κ3) is 7.58. The quantitative estimate of drug-likeness (QED) is 0.149.